The van der Waals surface area contributed by atoms with E-state index in [0.717, 1.165) is 4.47 Å². The number of halogens is 2. The quantitative estimate of drug-likeness (QED) is 0.778. The van der Waals surface area contributed by atoms with Crippen LogP contribution >= 0.6 is 27.5 Å². The first kappa shape index (κ1) is 11.0. The predicted octanol–water partition coefficient (Wildman–Crippen LogP) is 3.19. The van der Waals surface area contributed by atoms with Gasteiger partial charge in [-0.05, 0) is 18.2 Å². The van der Waals surface area contributed by atoms with E-state index in [1.807, 2.05) is 0 Å². The lowest BCUT2D eigenvalue weighted by Gasteiger charge is -2.05. The van der Waals surface area contributed by atoms with Crippen LogP contribution < -0.4 is 0 Å². The maximum Gasteiger partial charge on any atom is 0.0735 e. The van der Waals surface area contributed by atoms with Crippen LogP contribution in [0.25, 0.3) is 0 Å². The van der Waals surface area contributed by atoms with Crippen LogP contribution in [-0.2, 0) is 9.73 Å². The van der Waals surface area contributed by atoms with Crippen LogP contribution in [0.4, 0.5) is 0 Å². The summed E-state index contributed by atoms with van der Waals surface area (Å²) in [6.07, 6.45) is 1.57. The van der Waals surface area contributed by atoms with Crippen LogP contribution in [0.2, 0.25) is 5.02 Å². The topological polar surface area (TPSA) is 29.4 Å². The smallest absolute Gasteiger partial charge is 0.0735 e. The molecular formula is C8H9BrClNOS. The zero-order valence-electron chi connectivity index (χ0n) is 7.25. The number of rotatable bonds is 1. The summed E-state index contributed by atoms with van der Waals surface area (Å²) >= 11 is 9.20. The van der Waals surface area contributed by atoms with Crippen molar-refractivity contribution < 1.29 is 4.21 Å². The Bertz CT molecular complexity index is 438. The third-order valence-electron chi connectivity index (χ3n) is 1.65. The molecule has 0 aliphatic rings. The van der Waals surface area contributed by atoms with Crippen molar-refractivity contribution in [3.8, 4) is 0 Å². The highest BCUT2D eigenvalue weighted by Crippen LogP contribution is 2.25. The van der Waals surface area contributed by atoms with Gasteiger partial charge in [-0.25, -0.2) is 8.57 Å². The first-order valence-corrected chi connectivity index (χ1v) is 6.62. The predicted molar refractivity (Wildman–Crippen MR) is 59.8 cm³/mol. The van der Waals surface area contributed by atoms with Crippen LogP contribution in [0.15, 0.2) is 31.9 Å². The van der Waals surface area contributed by atoms with Crippen molar-refractivity contribution >= 4 is 37.3 Å². The van der Waals surface area contributed by atoms with Crippen molar-refractivity contribution in [2.45, 2.75) is 4.90 Å². The largest absolute Gasteiger partial charge is 0.245 e. The number of hydrogen-bond donors (Lipinski definition) is 0. The van der Waals surface area contributed by atoms with Crippen LogP contribution in [0.1, 0.15) is 0 Å². The fourth-order valence-corrected chi connectivity index (χ4v) is 2.92. The van der Waals surface area contributed by atoms with Crippen molar-refractivity contribution in [3.05, 3.63) is 27.7 Å². The van der Waals surface area contributed by atoms with E-state index in [0.29, 0.717) is 9.92 Å². The van der Waals surface area contributed by atoms with Gasteiger partial charge in [0.2, 0.25) is 0 Å². The van der Waals surface area contributed by atoms with Crippen molar-refractivity contribution in [1.82, 2.24) is 0 Å². The molecular weight excluding hydrogens is 274 g/mol. The van der Waals surface area contributed by atoms with E-state index in [-0.39, 0.29) is 0 Å². The van der Waals surface area contributed by atoms with E-state index < -0.39 is 9.73 Å². The van der Waals surface area contributed by atoms with Gasteiger partial charge in [-0.3, -0.25) is 0 Å². The molecule has 0 spiro atoms. The average molecular weight is 283 g/mol. The minimum atomic E-state index is -2.32. The lowest BCUT2D eigenvalue weighted by Crippen LogP contribution is -1.97. The van der Waals surface area contributed by atoms with Crippen molar-refractivity contribution in [3.63, 3.8) is 0 Å². The summed E-state index contributed by atoms with van der Waals surface area (Å²) < 4.78 is 16.5. The molecule has 0 aliphatic heterocycles. The first-order valence-electron chi connectivity index (χ1n) is 3.52. The van der Waals surface area contributed by atoms with Crippen LogP contribution in [0.5, 0.6) is 0 Å². The van der Waals surface area contributed by atoms with Gasteiger partial charge in [0.15, 0.2) is 0 Å². The SMILES string of the molecule is CN=S(C)(=O)c1ccc(Br)cc1Cl. The van der Waals surface area contributed by atoms with Gasteiger partial charge in [-0.2, -0.15) is 0 Å². The molecule has 0 saturated heterocycles. The highest BCUT2D eigenvalue weighted by Gasteiger charge is 2.09. The Hall–Kier alpha value is -0.0600. The molecule has 1 rings (SSSR count). The monoisotopic (exact) mass is 281 g/mol. The van der Waals surface area contributed by atoms with Gasteiger partial charge in [-0.15, -0.1) is 0 Å². The van der Waals surface area contributed by atoms with Crippen LogP contribution in [-0.4, -0.2) is 17.5 Å². The Balaban J connectivity index is 3.42. The van der Waals surface area contributed by atoms with Gasteiger partial charge in [-0.1, -0.05) is 27.5 Å². The zero-order chi connectivity index (χ0) is 10.1. The normalized spacial score (nSPS) is 15.1. The summed E-state index contributed by atoms with van der Waals surface area (Å²) in [7, 11) is -0.795. The Morgan fingerprint density at radius 2 is 2.15 bits per heavy atom. The molecule has 0 fully saturated rings. The molecule has 0 N–H and O–H groups in total. The fourth-order valence-electron chi connectivity index (χ4n) is 0.881. The van der Waals surface area contributed by atoms with Gasteiger partial charge < -0.3 is 0 Å². The molecule has 2 nitrogen and oxygen atoms in total. The van der Waals surface area contributed by atoms with Crippen LogP contribution in [0, 0.1) is 0 Å². The molecule has 0 saturated carbocycles. The molecule has 0 aliphatic carbocycles. The molecule has 1 unspecified atom stereocenters. The maximum atomic E-state index is 11.8. The van der Waals surface area contributed by atoms with E-state index in [2.05, 4.69) is 20.3 Å². The summed E-state index contributed by atoms with van der Waals surface area (Å²) in [4.78, 5) is 0.583. The molecule has 5 heteroatoms. The molecule has 0 radical (unpaired) electrons. The fraction of sp³-hybridized carbons (Fsp3) is 0.250. The first-order chi connectivity index (χ1) is 5.97. The molecule has 0 heterocycles. The van der Waals surface area contributed by atoms with Gasteiger partial charge in [0.25, 0.3) is 0 Å². The minimum Gasteiger partial charge on any atom is -0.245 e. The Morgan fingerprint density at radius 3 is 2.62 bits per heavy atom. The van der Waals surface area contributed by atoms with Gasteiger partial charge >= 0.3 is 0 Å². The van der Waals surface area contributed by atoms with E-state index in [1.54, 1.807) is 24.5 Å². The summed E-state index contributed by atoms with van der Waals surface area (Å²) in [5.74, 6) is 0. The van der Waals surface area contributed by atoms with Gasteiger partial charge in [0.1, 0.15) is 0 Å². The van der Waals surface area contributed by atoms with Crippen molar-refractivity contribution in [1.29, 1.82) is 0 Å². The van der Waals surface area contributed by atoms with E-state index in [1.165, 1.54) is 7.05 Å². The summed E-state index contributed by atoms with van der Waals surface area (Å²) in [6, 6.07) is 5.24. The molecule has 1 atom stereocenters. The minimum absolute atomic E-state index is 0.479. The zero-order valence-corrected chi connectivity index (χ0v) is 10.4. The van der Waals surface area contributed by atoms with Crippen molar-refractivity contribution in [2.75, 3.05) is 13.3 Å². The highest BCUT2D eigenvalue weighted by molar-refractivity contribution is 9.10. The third-order valence-corrected chi connectivity index (χ3v) is 4.44. The molecule has 1 aromatic carbocycles. The Labute approximate surface area is 91.6 Å². The number of nitrogens with zero attached hydrogens (tertiary/aromatic N) is 1. The molecule has 72 valence electrons. The second-order valence-corrected chi connectivity index (χ2v) is 6.29. The van der Waals surface area contributed by atoms with E-state index >= 15 is 0 Å². The Morgan fingerprint density at radius 1 is 1.54 bits per heavy atom. The third kappa shape index (κ3) is 2.45. The van der Waals surface area contributed by atoms with Crippen molar-refractivity contribution in [2.24, 2.45) is 4.36 Å². The van der Waals surface area contributed by atoms with Gasteiger partial charge in [0, 0.05) is 17.8 Å². The molecule has 13 heavy (non-hydrogen) atoms. The Kier molecular flexibility index (Phi) is 3.38. The van der Waals surface area contributed by atoms with E-state index in [9.17, 15) is 4.21 Å². The summed E-state index contributed by atoms with van der Waals surface area (Å²) in [5, 5.41) is 0.479. The average Bonchev–Trinajstić information content (AvgIpc) is 2.03. The van der Waals surface area contributed by atoms with E-state index in [4.69, 9.17) is 11.6 Å². The molecule has 1 aromatic rings. The standard InChI is InChI=1S/C8H9BrClNOS/c1-11-13(2,12)8-4-3-6(9)5-7(8)10/h3-5H,1-2H3. The highest BCUT2D eigenvalue weighted by atomic mass is 79.9. The second kappa shape index (κ2) is 3.98. The second-order valence-electron chi connectivity index (χ2n) is 2.56. The lowest BCUT2D eigenvalue weighted by atomic mass is 10.4. The van der Waals surface area contributed by atoms with Crippen LogP contribution in [0.3, 0.4) is 0 Å². The maximum absolute atomic E-state index is 11.8. The molecule has 0 aromatic heterocycles. The number of hydrogen-bond acceptors (Lipinski definition) is 2. The number of benzene rings is 1. The molecule has 0 bridgehead atoms. The lowest BCUT2D eigenvalue weighted by molar-refractivity contribution is 0.680. The molecule has 0 amide bonds. The summed E-state index contributed by atoms with van der Waals surface area (Å²) in [5.41, 5.74) is 0. The summed E-state index contributed by atoms with van der Waals surface area (Å²) in [6.45, 7) is 0. The van der Waals surface area contributed by atoms with Gasteiger partial charge in [0.05, 0.1) is 19.6 Å².